The standard InChI is InChI=1S/C18H17ClF3N3O/c19-15-8-14(18(20,21)22)10-24-17(15)23-9-12-4-1-2-5-13(12)11-25-7-3-6-16(25)26/h1-2,4-5,8,10H,3,6-7,9,11H2,(H,23,24). The summed E-state index contributed by atoms with van der Waals surface area (Å²) in [4.78, 5) is 17.4. The summed E-state index contributed by atoms with van der Waals surface area (Å²) in [6.07, 6.45) is -2.29. The number of halogens is 4. The lowest BCUT2D eigenvalue weighted by atomic mass is 10.1. The Morgan fingerprint density at radius 2 is 1.96 bits per heavy atom. The first-order valence-electron chi connectivity index (χ1n) is 8.16. The third kappa shape index (κ3) is 4.27. The van der Waals surface area contributed by atoms with E-state index in [0.29, 0.717) is 19.5 Å². The maximum Gasteiger partial charge on any atom is 0.417 e. The van der Waals surface area contributed by atoms with E-state index in [1.54, 1.807) is 0 Å². The van der Waals surface area contributed by atoms with E-state index in [1.165, 1.54) is 0 Å². The smallest absolute Gasteiger partial charge is 0.365 e. The molecule has 1 aromatic heterocycles. The first-order chi connectivity index (χ1) is 12.3. The van der Waals surface area contributed by atoms with Crippen molar-refractivity contribution in [3.8, 4) is 0 Å². The number of likely N-dealkylation sites (tertiary alicyclic amines) is 1. The van der Waals surface area contributed by atoms with Gasteiger partial charge in [0, 0.05) is 32.3 Å². The number of rotatable bonds is 5. The monoisotopic (exact) mass is 383 g/mol. The van der Waals surface area contributed by atoms with E-state index in [2.05, 4.69) is 10.3 Å². The van der Waals surface area contributed by atoms with Crippen molar-refractivity contribution in [2.24, 2.45) is 0 Å². The van der Waals surface area contributed by atoms with Gasteiger partial charge < -0.3 is 10.2 Å². The summed E-state index contributed by atoms with van der Waals surface area (Å²) in [6.45, 7) is 1.61. The highest BCUT2D eigenvalue weighted by molar-refractivity contribution is 6.32. The fourth-order valence-electron chi connectivity index (χ4n) is 2.86. The summed E-state index contributed by atoms with van der Waals surface area (Å²) in [6, 6.07) is 8.45. The quantitative estimate of drug-likeness (QED) is 0.827. The van der Waals surface area contributed by atoms with Crippen LogP contribution in [0.25, 0.3) is 0 Å². The van der Waals surface area contributed by atoms with E-state index in [9.17, 15) is 18.0 Å². The first-order valence-corrected chi connectivity index (χ1v) is 8.53. The molecule has 1 saturated heterocycles. The summed E-state index contributed by atoms with van der Waals surface area (Å²) < 4.78 is 38.0. The van der Waals surface area contributed by atoms with Gasteiger partial charge in [-0.2, -0.15) is 13.2 Å². The first kappa shape index (κ1) is 18.5. The number of alkyl halides is 3. The molecule has 26 heavy (non-hydrogen) atoms. The number of benzene rings is 1. The molecular weight excluding hydrogens is 367 g/mol. The molecule has 138 valence electrons. The highest BCUT2D eigenvalue weighted by Gasteiger charge is 2.31. The van der Waals surface area contributed by atoms with E-state index in [0.717, 1.165) is 36.4 Å². The molecule has 1 aliphatic heterocycles. The van der Waals surface area contributed by atoms with Crippen LogP contribution in [-0.2, 0) is 24.1 Å². The average molecular weight is 384 g/mol. The number of nitrogens with zero attached hydrogens (tertiary/aromatic N) is 2. The number of nitrogens with one attached hydrogen (secondary N) is 1. The minimum Gasteiger partial charge on any atom is -0.365 e. The van der Waals surface area contributed by atoms with Crippen molar-refractivity contribution in [2.45, 2.75) is 32.1 Å². The molecule has 1 fully saturated rings. The lowest BCUT2D eigenvalue weighted by Gasteiger charge is -2.18. The Hall–Kier alpha value is -2.28. The molecule has 1 amide bonds. The van der Waals surface area contributed by atoms with Gasteiger partial charge in [0.05, 0.1) is 10.6 Å². The van der Waals surface area contributed by atoms with E-state index < -0.39 is 11.7 Å². The summed E-state index contributed by atoms with van der Waals surface area (Å²) in [5.74, 6) is 0.326. The minimum atomic E-state index is -4.48. The highest BCUT2D eigenvalue weighted by atomic mass is 35.5. The molecule has 8 heteroatoms. The van der Waals surface area contributed by atoms with Crippen molar-refractivity contribution in [2.75, 3.05) is 11.9 Å². The summed E-state index contributed by atoms with van der Waals surface area (Å²) in [5, 5.41) is 2.88. The van der Waals surface area contributed by atoms with Crippen molar-refractivity contribution in [3.63, 3.8) is 0 Å². The zero-order chi connectivity index (χ0) is 18.7. The van der Waals surface area contributed by atoms with Crippen molar-refractivity contribution in [1.29, 1.82) is 0 Å². The Kier molecular flexibility index (Phi) is 5.36. The SMILES string of the molecule is O=C1CCCN1Cc1ccccc1CNc1ncc(C(F)(F)F)cc1Cl. The van der Waals surface area contributed by atoms with Crippen LogP contribution in [0.15, 0.2) is 36.5 Å². The number of hydrogen-bond acceptors (Lipinski definition) is 3. The summed E-state index contributed by atoms with van der Waals surface area (Å²) >= 11 is 5.92. The van der Waals surface area contributed by atoms with E-state index >= 15 is 0 Å². The van der Waals surface area contributed by atoms with Crippen LogP contribution in [0.3, 0.4) is 0 Å². The number of carbonyl (C=O) groups is 1. The Morgan fingerprint density at radius 3 is 2.58 bits per heavy atom. The minimum absolute atomic E-state index is 0.0907. The molecular formula is C18H17ClF3N3O. The summed E-state index contributed by atoms with van der Waals surface area (Å²) in [7, 11) is 0. The zero-order valence-corrected chi connectivity index (χ0v) is 14.6. The van der Waals surface area contributed by atoms with Gasteiger partial charge >= 0.3 is 6.18 Å². The molecule has 1 aromatic carbocycles. The third-order valence-corrected chi connectivity index (χ3v) is 4.55. The Balaban J connectivity index is 1.71. The number of anilines is 1. The largest absolute Gasteiger partial charge is 0.417 e. The fourth-order valence-corrected chi connectivity index (χ4v) is 3.10. The number of pyridine rings is 1. The number of aromatic nitrogens is 1. The van der Waals surface area contributed by atoms with Crippen LogP contribution in [0.4, 0.5) is 19.0 Å². The van der Waals surface area contributed by atoms with Crippen molar-refractivity contribution in [3.05, 3.63) is 58.2 Å². The molecule has 2 aromatic rings. The molecule has 2 heterocycles. The molecule has 0 bridgehead atoms. The second-order valence-electron chi connectivity index (χ2n) is 6.09. The van der Waals surface area contributed by atoms with Crippen LogP contribution >= 0.6 is 11.6 Å². The Labute approximate surface area is 154 Å². The van der Waals surface area contributed by atoms with Crippen LogP contribution in [0, 0.1) is 0 Å². The van der Waals surface area contributed by atoms with Crippen LogP contribution in [0.2, 0.25) is 5.02 Å². The molecule has 0 unspecified atom stereocenters. The molecule has 3 rings (SSSR count). The molecule has 0 radical (unpaired) electrons. The van der Waals surface area contributed by atoms with Gasteiger partial charge in [-0.25, -0.2) is 4.98 Å². The summed E-state index contributed by atoms with van der Waals surface area (Å²) in [5.41, 5.74) is 1.03. The normalized spacial score (nSPS) is 14.8. The fraction of sp³-hybridized carbons (Fsp3) is 0.333. The van der Waals surface area contributed by atoms with Gasteiger partial charge in [-0.3, -0.25) is 4.79 Å². The van der Waals surface area contributed by atoms with E-state index in [1.807, 2.05) is 29.2 Å². The van der Waals surface area contributed by atoms with Crippen molar-refractivity contribution >= 4 is 23.3 Å². The Morgan fingerprint density at radius 1 is 1.23 bits per heavy atom. The highest BCUT2D eigenvalue weighted by Crippen LogP contribution is 2.32. The Bertz CT molecular complexity index is 811. The lowest BCUT2D eigenvalue weighted by Crippen LogP contribution is -2.24. The van der Waals surface area contributed by atoms with Gasteiger partial charge in [0.15, 0.2) is 0 Å². The molecule has 0 aliphatic carbocycles. The van der Waals surface area contributed by atoms with Crippen molar-refractivity contribution in [1.82, 2.24) is 9.88 Å². The van der Waals surface area contributed by atoms with Crippen LogP contribution in [0.1, 0.15) is 29.5 Å². The molecule has 1 aliphatic rings. The van der Waals surface area contributed by atoms with Gasteiger partial charge in [-0.1, -0.05) is 35.9 Å². The van der Waals surface area contributed by atoms with E-state index in [4.69, 9.17) is 11.6 Å². The number of carbonyl (C=O) groups excluding carboxylic acids is 1. The van der Waals surface area contributed by atoms with Gasteiger partial charge in [-0.05, 0) is 23.6 Å². The predicted molar refractivity (Wildman–Crippen MR) is 92.7 cm³/mol. The molecule has 0 saturated carbocycles. The zero-order valence-electron chi connectivity index (χ0n) is 13.8. The van der Waals surface area contributed by atoms with E-state index in [-0.39, 0.29) is 16.7 Å². The van der Waals surface area contributed by atoms with Crippen LogP contribution < -0.4 is 5.32 Å². The van der Waals surface area contributed by atoms with Gasteiger partial charge in [0.2, 0.25) is 5.91 Å². The third-order valence-electron chi connectivity index (χ3n) is 4.27. The van der Waals surface area contributed by atoms with Crippen LogP contribution in [-0.4, -0.2) is 22.3 Å². The van der Waals surface area contributed by atoms with Gasteiger partial charge in [0.1, 0.15) is 5.82 Å². The molecule has 4 nitrogen and oxygen atoms in total. The second kappa shape index (κ2) is 7.53. The second-order valence-corrected chi connectivity index (χ2v) is 6.50. The van der Waals surface area contributed by atoms with Crippen LogP contribution in [0.5, 0.6) is 0 Å². The van der Waals surface area contributed by atoms with Gasteiger partial charge in [-0.15, -0.1) is 0 Å². The molecule has 0 atom stereocenters. The maximum atomic E-state index is 12.7. The lowest BCUT2D eigenvalue weighted by molar-refractivity contribution is -0.137. The molecule has 0 spiro atoms. The number of hydrogen-bond donors (Lipinski definition) is 1. The van der Waals surface area contributed by atoms with Crippen molar-refractivity contribution < 1.29 is 18.0 Å². The molecule has 1 N–H and O–H groups in total. The average Bonchev–Trinajstić information content (AvgIpc) is 2.99. The maximum absolute atomic E-state index is 12.7. The van der Waals surface area contributed by atoms with Gasteiger partial charge in [0.25, 0.3) is 0 Å². The number of amides is 1. The topological polar surface area (TPSA) is 45.2 Å². The predicted octanol–water partition coefficient (Wildman–Crippen LogP) is 4.49.